The van der Waals surface area contributed by atoms with Gasteiger partial charge in [-0.2, -0.15) is 0 Å². The first-order valence-electron chi connectivity index (χ1n) is 7.44. The quantitative estimate of drug-likeness (QED) is 0.855. The van der Waals surface area contributed by atoms with Crippen LogP contribution in [0.2, 0.25) is 0 Å². The second-order valence-electron chi connectivity index (χ2n) is 5.74. The van der Waals surface area contributed by atoms with Crippen LogP contribution in [0.5, 0.6) is 0 Å². The van der Waals surface area contributed by atoms with Crippen molar-refractivity contribution in [1.29, 1.82) is 0 Å². The number of rotatable bonds is 5. The van der Waals surface area contributed by atoms with Crippen LogP contribution in [0.25, 0.3) is 0 Å². The fraction of sp³-hybridized carbons (Fsp3) is 0.625. The van der Waals surface area contributed by atoms with Crippen molar-refractivity contribution in [3.63, 3.8) is 0 Å². The van der Waals surface area contributed by atoms with Crippen molar-refractivity contribution in [2.75, 3.05) is 25.0 Å². The van der Waals surface area contributed by atoms with Gasteiger partial charge in [0.05, 0.1) is 0 Å². The first-order chi connectivity index (χ1) is 8.86. The molecule has 1 fully saturated rings. The molecule has 1 aromatic rings. The third kappa shape index (κ3) is 2.69. The lowest BCUT2D eigenvalue weighted by atomic mass is 9.97. The zero-order chi connectivity index (χ0) is 12.4. The summed E-state index contributed by atoms with van der Waals surface area (Å²) in [6, 6.07) is 6.76. The standard InChI is InChI=1S/C16H24N2/c1-2-18(11-13-8-9-13)12-14-5-3-7-16-15(14)6-4-10-17-16/h3,5,7,13,17H,2,4,6,8-12H2,1H3. The molecule has 3 rings (SSSR count). The van der Waals surface area contributed by atoms with Crippen LogP contribution in [0.15, 0.2) is 18.2 Å². The number of nitrogens with one attached hydrogen (secondary N) is 1. The minimum Gasteiger partial charge on any atom is -0.385 e. The summed E-state index contributed by atoms with van der Waals surface area (Å²) < 4.78 is 0. The maximum Gasteiger partial charge on any atom is 0.0375 e. The molecular weight excluding hydrogens is 220 g/mol. The van der Waals surface area contributed by atoms with Crippen LogP contribution in [0, 0.1) is 5.92 Å². The number of fused-ring (bicyclic) bond motifs is 1. The summed E-state index contributed by atoms with van der Waals surface area (Å²) in [5, 5.41) is 3.53. The average molecular weight is 244 g/mol. The molecule has 2 heteroatoms. The zero-order valence-electron chi connectivity index (χ0n) is 11.4. The first kappa shape index (κ1) is 12.0. The first-order valence-corrected chi connectivity index (χ1v) is 7.44. The van der Waals surface area contributed by atoms with Gasteiger partial charge in [-0.3, -0.25) is 4.90 Å². The molecule has 1 heterocycles. The van der Waals surface area contributed by atoms with E-state index in [0.29, 0.717) is 0 Å². The zero-order valence-corrected chi connectivity index (χ0v) is 11.4. The highest BCUT2D eigenvalue weighted by Gasteiger charge is 2.24. The van der Waals surface area contributed by atoms with E-state index in [9.17, 15) is 0 Å². The predicted molar refractivity (Wildman–Crippen MR) is 76.9 cm³/mol. The topological polar surface area (TPSA) is 15.3 Å². The van der Waals surface area contributed by atoms with Gasteiger partial charge in [0.1, 0.15) is 0 Å². The molecule has 0 spiro atoms. The van der Waals surface area contributed by atoms with E-state index >= 15 is 0 Å². The van der Waals surface area contributed by atoms with E-state index in [4.69, 9.17) is 0 Å². The molecule has 1 aromatic carbocycles. The summed E-state index contributed by atoms with van der Waals surface area (Å²) in [5.74, 6) is 0.989. The van der Waals surface area contributed by atoms with Gasteiger partial charge in [-0.15, -0.1) is 0 Å². The minimum absolute atomic E-state index is 0.989. The van der Waals surface area contributed by atoms with Crippen LogP contribution >= 0.6 is 0 Å². The van der Waals surface area contributed by atoms with Gasteiger partial charge in [-0.25, -0.2) is 0 Å². The molecule has 0 aromatic heterocycles. The fourth-order valence-electron chi connectivity index (χ4n) is 2.94. The van der Waals surface area contributed by atoms with Gasteiger partial charge < -0.3 is 5.32 Å². The minimum atomic E-state index is 0.989. The Labute approximate surface area is 110 Å². The second-order valence-corrected chi connectivity index (χ2v) is 5.74. The van der Waals surface area contributed by atoms with Crippen molar-refractivity contribution in [2.24, 2.45) is 5.92 Å². The Morgan fingerprint density at radius 2 is 2.22 bits per heavy atom. The van der Waals surface area contributed by atoms with Gasteiger partial charge in [0.25, 0.3) is 0 Å². The van der Waals surface area contributed by atoms with E-state index in [1.54, 1.807) is 11.1 Å². The third-order valence-corrected chi connectivity index (χ3v) is 4.25. The van der Waals surface area contributed by atoms with Gasteiger partial charge in [-0.05, 0) is 55.3 Å². The fourth-order valence-corrected chi connectivity index (χ4v) is 2.94. The second kappa shape index (κ2) is 5.31. The van der Waals surface area contributed by atoms with Gasteiger partial charge >= 0.3 is 0 Å². The highest BCUT2D eigenvalue weighted by atomic mass is 15.1. The molecule has 98 valence electrons. The molecule has 1 aliphatic heterocycles. The van der Waals surface area contributed by atoms with E-state index < -0.39 is 0 Å². The molecule has 0 amide bonds. The predicted octanol–water partition coefficient (Wildman–Crippen LogP) is 3.28. The summed E-state index contributed by atoms with van der Waals surface area (Å²) in [6.07, 6.45) is 5.42. The van der Waals surface area contributed by atoms with E-state index in [0.717, 1.165) is 19.0 Å². The lowest BCUT2D eigenvalue weighted by molar-refractivity contribution is 0.267. The molecule has 0 saturated heterocycles. The van der Waals surface area contributed by atoms with Crippen molar-refractivity contribution in [3.05, 3.63) is 29.3 Å². The monoisotopic (exact) mass is 244 g/mol. The smallest absolute Gasteiger partial charge is 0.0375 e. The van der Waals surface area contributed by atoms with E-state index in [1.165, 1.54) is 44.5 Å². The average Bonchev–Trinajstić information content (AvgIpc) is 3.22. The van der Waals surface area contributed by atoms with Gasteiger partial charge in [0.15, 0.2) is 0 Å². The normalized spacial score (nSPS) is 18.6. The molecule has 0 bridgehead atoms. The van der Waals surface area contributed by atoms with E-state index in [1.807, 2.05) is 0 Å². The van der Waals surface area contributed by atoms with Crippen molar-refractivity contribution >= 4 is 5.69 Å². The van der Waals surface area contributed by atoms with Crippen LogP contribution < -0.4 is 5.32 Å². The molecule has 0 unspecified atom stereocenters. The third-order valence-electron chi connectivity index (χ3n) is 4.25. The summed E-state index contributed by atoms with van der Waals surface area (Å²) in [4.78, 5) is 2.61. The Kier molecular flexibility index (Phi) is 3.55. The molecule has 0 atom stereocenters. The molecule has 2 aliphatic rings. The molecule has 1 aliphatic carbocycles. The molecule has 18 heavy (non-hydrogen) atoms. The van der Waals surface area contributed by atoms with Crippen LogP contribution in [-0.2, 0) is 13.0 Å². The summed E-state index contributed by atoms with van der Waals surface area (Å²) in [5.41, 5.74) is 4.49. The van der Waals surface area contributed by atoms with Crippen LogP contribution in [0.1, 0.15) is 37.3 Å². The summed E-state index contributed by atoms with van der Waals surface area (Å²) in [7, 11) is 0. The Bertz CT molecular complexity index is 410. The number of hydrogen-bond donors (Lipinski definition) is 1. The highest BCUT2D eigenvalue weighted by molar-refractivity contribution is 5.56. The maximum atomic E-state index is 3.53. The molecule has 2 nitrogen and oxygen atoms in total. The molecule has 1 N–H and O–H groups in total. The van der Waals surface area contributed by atoms with Crippen molar-refractivity contribution in [2.45, 2.75) is 39.2 Å². The number of nitrogens with zero attached hydrogens (tertiary/aromatic N) is 1. The SMILES string of the molecule is CCN(Cc1cccc2c1CCCN2)CC1CC1. The Morgan fingerprint density at radius 1 is 1.33 bits per heavy atom. The van der Waals surface area contributed by atoms with E-state index in [-0.39, 0.29) is 0 Å². The van der Waals surface area contributed by atoms with Crippen molar-refractivity contribution in [1.82, 2.24) is 4.90 Å². The van der Waals surface area contributed by atoms with Gasteiger partial charge in [-0.1, -0.05) is 19.1 Å². The van der Waals surface area contributed by atoms with Crippen molar-refractivity contribution < 1.29 is 0 Å². The number of hydrogen-bond acceptors (Lipinski definition) is 2. The lowest BCUT2D eigenvalue weighted by Crippen LogP contribution is -2.26. The summed E-state index contributed by atoms with van der Waals surface area (Å²) in [6.45, 7) is 7.03. The van der Waals surface area contributed by atoms with Crippen LogP contribution in [0.3, 0.4) is 0 Å². The highest BCUT2D eigenvalue weighted by Crippen LogP contribution is 2.31. The van der Waals surface area contributed by atoms with E-state index in [2.05, 4.69) is 35.3 Å². The summed E-state index contributed by atoms with van der Waals surface area (Å²) >= 11 is 0. The van der Waals surface area contributed by atoms with Gasteiger partial charge in [0.2, 0.25) is 0 Å². The van der Waals surface area contributed by atoms with Crippen molar-refractivity contribution in [3.8, 4) is 0 Å². The van der Waals surface area contributed by atoms with Crippen LogP contribution in [-0.4, -0.2) is 24.5 Å². The molecule has 1 saturated carbocycles. The molecule has 0 radical (unpaired) electrons. The maximum absolute atomic E-state index is 3.53. The largest absolute Gasteiger partial charge is 0.385 e. The van der Waals surface area contributed by atoms with Gasteiger partial charge in [0, 0.05) is 25.3 Å². The lowest BCUT2D eigenvalue weighted by Gasteiger charge is -2.25. The molecular formula is C16H24N2. The van der Waals surface area contributed by atoms with Crippen LogP contribution in [0.4, 0.5) is 5.69 Å². The Morgan fingerprint density at radius 3 is 3.00 bits per heavy atom. The Balaban J connectivity index is 1.74. The number of anilines is 1. The Hall–Kier alpha value is -1.02. The number of benzene rings is 1.